The van der Waals surface area contributed by atoms with Crippen LogP contribution in [-0.2, 0) is 19.6 Å². The number of halogens is 1. The molecule has 0 atom stereocenters. The Morgan fingerprint density at radius 2 is 1.79 bits per heavy atom. The molecule has 182 valence electrons. The topological polar surface area (TPSA) is 73.6 Å². The van der Waals surface area contributed by atoms with E-state index >= 15 is 0 Å². The van der Waals surface area contributed by atoms with Crippen LogP contribution in [0.4, 0.5) is 5.82 Å². The molecule has 0 unspecified atom stereocenters. The van der Waals surface area contributed by atoms with Crippen LogP contribution in [-0.4, -0.2) is 65.4 Å². The number of guanidine groups is 1. The van der Waals surface area contributed by atoms with Gasteiger partial charge < -0.3 is 20.4 Å². The van der Waals surface area contributed by atoms with Gasteiger partial charge in [-0.1, -0.05) is 30.3 Å². The van der Waals surface area contributed by atoms with Crippen LogP contribution in [0.2, 0.25) is 0 Å². The molecule has 4 rings (SSSR count). The van der Waals surface area contributed by atoms with E-state index in [2.05, 4.69) is 80.9 Å². The number of hydrogen-bond acceptors (Lipinski definition) is 5. The van der Waals surface area contributed by atoms with Crippen LogP contribution >= 0.6 is 24.0 Å². The minimum Gasteiger partial charge on any atom is -0.357 e. The molecule has 2 N–H and O–H groups in total. The molecule has 0 amide bonds. The zero-order chi connectivity index (χ0) is 22.9. The summed E-state index contributed by atoms with van der Waals surface area (Å²) < 4.78 is 1.94. The monoisotopic (exact) mass is 574 g/mol. The van der Waals surface area contributed by atoms with Crippen molar-refractivity contribution in [1.29, 1.82) is 0 Å². The molecule has 0 saturated carbocycles. The molecule has 34 heavy (non-hydrogen) atoms. The number of nitrogens with one attached hydrogen (secondary N) is 2. The molecule has 1 aliphatic heterocycles. The van der Waals surface area contributed by atoms with Crippen molar-refractivity contribution in [3.8, 4) is 0 Å². The van der Waals surface area contributed by atoms with E-state index in [1.807, 2.05) is 29.3 Å². The summed E-state index contributed by atoms with van der Waals surface area (Å²) in [7, 11) is 2.17. The van der Waals surface area contributed by atoms with Crippen LogP contribution in [0.5, 0.6) is 0 Å². The second-order valence-electron chi connectivity index (χ2n) is 8.34. The lowest BCUT2D eigenvalue weighted by Crippen LogP contribution is -2.44. The number of benzene rings is 1. The number of aromatic nitrogens is 3. The Morgan fingerprint density at radius 3 is 2.47 bits per heavy atom. The molecule has 2 aromatic heterocycles. The molecule has 3 aromatic rings. The molecule has 1 fully saturated rings. The highest BCUT2D eigenvalue weighted by Crippen LogP contribution is 2.14. The maximum absolute atomic E-state index is 4.77. The standard InChI is InChI=1S/C25H34N8.HI/c1-3-26-25(29-19-22-7-4-5-8-23(22)20-33-12-6-11-30-33)28-18-21-9-10-24(27-17-21)32-15-13-31(2)14-16-32;/h4-12,17H,3,13-16,18-20H2,1-2H3,(H2,26,28,29);1H. The van der Waals surface area contributed by atoms with Gasteiger partial charge in [0.25, 0.3) is 0 Å². The van der Waals surface area contributed by atoms with Crippen molar-refractivity contribution in [3.05, 3.63) is 77.7 Å². The zero-order valence-electron chi connectivity index (χ0n) is 20.0. The third kappa shape index (κ3) is 7.42. The van der Waals surface area contributed by atoms with Gasteiger partial charge in [-0.3, -0.25) is 4.68 Å². The van der Waals surface area contributed by atoms with Gasteiger partial charge >= 0.3 is 0 Å². The van der Waals surface area contributed by atoms with Gasteiger partial charge in [-0.05, 0) is 42.8 Å². The summed E-state index contributed by atoms with van der Waals surface area (Å²) in [5, 5.41) is 11.1. The SMILES string of the molecule is CCNC(=NCc1ccc(N2CCN(C)CC2)nc1)NCc1ccccc1Cn1cccn1.I. The van der Waals surface area contributed by atoms with E-state index in [0.717, 1.165) is 56.6 Å². The van der Waals surface area contributed by atoms with Crippen molar-refractivity contribution in [2.24, 2.45) is 4.99 Å². The Kier molecular flexibility index (Phi) is 10.1. The van der Waals surface area contributed by atoms with E-state index in [1.165, 1.54) is 11.1 Å². The van der Waals surface area contributed by atoms with Gasteiger partial charge in [0.1, 0.15) is 5.82 Å². The number of anilines is 1. The van der Waals surface area contributed by atoms with E-state index in [0.29, 0.717) is 13.1 Å². The van der Waals surface area contributed by atoms with Crippen LogP contribution in [0.15, 0.2) is 66.0 Å². The van der Waals surface area contributed by atoms with Crippen molar-refractivity contribution in [2.75, 3.05) is 44.7 Å². The predicted molar refractivity (Wildman–Crippen MR) is 149 cm³/mol. The molecule has 0 bridgehead atoms. The summed E-state index contributed by atoms with van der Waals surface area (Å²) in [5.41, 5.74) is 3.58. The lowest BCUT2D eigenvalue weighted by Gasteiger charge is -2.33. The van der Waals surface area contributed by atoms with Crippen molar-refractivity contribution < 1.29 is 0 Å². The second-order valence-corrected chi connectivity index (χ2v) is 8.34. The molecule has 1 aromatic carbocycles. The highest BCUT2D eigenvalue weighted by Gasteiger charge is 2.15. The molecule has 3 heterocycles. The van der Waals surface area contributed by atoms with Gasteiger partial charge in [0.2, 0.25) is 0 Å². The number of likely N-dealkylation sites (N-methyl/N-ethyl adjacent to an activating group) is 1. The van der Waals surface area contributed by atoms with Crippen molar-refractivity contribution in [3.63, 3.8) is 0 Å². The maximum atomic E-state index is 4.77. The van der Waals surface area contributed by atoms with Crippen LogP contribution in [0.25, 0.3) is 0 Å². The minimum atomic E-state index is 0. The van der Waals surface area contributed by atoms with E-state index in [4.69, 9.17) is 4.99 Å². The first-order chi connectivity index (χ1) is 16.2. The van der Waals surface area contributed by atoms with Crippen LogP contribution in [0.3, 0.4) is 0 Å². The average Bonchev–Trinajstić information content (AvgIpc) is 3.36. The molecular weight excluding hydrogens is 539 g/mol. The Balaban J connectivity index is 0.00000324. The summed E-state index contributed by atoms with van der Waals surface area (Å²) >= 11 is 0. The van der Waals surface area contributed by atoms with Gasteiger partial charge in [0.05, 0.1) is 13.1 Å². The lowest BCUT2D eigenvalue weighted by atomic mass is 10.1. The van der Waals surface area contributed by atoms with Crippen molar-refractivity contribution >= 4 is 35.8 Å². The zero-order valence-corrected chi connectivity index (χ0v) is 22.4. The fourth-order valence-electron chi connectivity index (χ4n) is 3.88. The van der Waals surface area contributed by atoms with Gasteiger partial charge in [0, 0.05) is 57.9 Å². The molecule has 1 aliphatic rings. The summed E-state index contributed by atoms with van der Waals surface area (Å²) in [6.45, 7) is 9.13. The Hall–Kier alpha value is -2.66. The molecule has 0 spiro atoms. The van der Waals surface area contributed by atoms with Gasteiger partial charge in [-0.25, -0.2) is 9.98 Å². The maximum Gasteiger partial charge on any atom is 0.191 e. The number of nitrogens with zero attached hydrogens (tertiary/aromatic N) is 6. The fraction of sp³-hybridized carbons (Fsp3) is 0.400. The van der Waals surface area contributed by atoms with Gasteiger partial charge in [-0.2, -0.15) is 5.10 Å². The second kappa shape index (κ2) is 13.3. The van der Waals surface area contributed by atoms with E-state index in [-0.39, 0.29) is 24.0 Å². The van der Waals surface area contributed by atoms with E-state index in [1.54, 1.807) is 0 Å². The van der Waals surface area contributed by atoms with Crippen LogP contribution in [0, 0.1) is 0 Å². The number of hydrogen-bond donors (Lipinski definition) is 2. The molecule has 8 nitrogen and oxygen atoms in total. The van der Waals surface area contributed by atoms with E-state index in [9.17, 15) is 0 Å². The van der Waals surface area contributed by atoms with Crippen molar-refractivity contribution in [1.82, 2.24) is 30.3 Å². The number of rotatable bonds is 8. The normalized spacial score (nSPS) is 14.5. The highest BCUT2D eigenvalue weighted by molar-refractivity contribution is 14.0. The Morgan fingerprint density at radius 1 is 1.00 bits per heavy atom. The highest BCUT2D eigenvalue weighted by atomic mass is 127. The van der Waals surface area contributed by atoms with Crippen molar-refractivity contribution in [2.45, 2.75) is 26.6 Å². The summed E-state index contributed by atoms with van der Waals surface area (Å²) in [6, 6.07) is 14.6. The summed E-state index contributed by atoms with van der Waals surface area (Å²) in [5.74, 6) is 1.85. The molecule has 1 saturated heterocycles. The minimum absolute atomic E-state index is 0. The number of pyridine rings is 1. The molecule has 0 radical (unpaired) electrons. The Bertz CT molecular complexity index is 1010. The first-order valence-electron chi connectivity index (χ1n) is 11.7. The summed E-state index contributed by atoms with van der Waals surface area (Å²) in [6.07, 6.45) is 5.74. The first-order valence-corrected chi connectivity index (χ1v) is 11.7. The molecule has 9 heteroatoms. The summed E-state index contributed by atoms with van der Waals surface area (Å²) in [4.78, 5) is 14.2. The number of aliphatic imine (C=N–C) groups is 1. The largest absolute Gasteiger partial charge is 0.357 e. The van der Waals surface area contributed by atoms with Crippen LogP contribution in [0.1, 0.15) is 23.6 Å². The quantitative estimate of drug-likeness (QED) is 0.245. The van der Waals surface area contributed by atoms with Gasteiger partial charge in [-0.15, -0.1) is 24.0 Å². The smallest absolute Gasteiger partial charge is 0.191 e. The average molecular weight is 575 g/mol. The number of piperazine rings is 1. The first kappa shape index (κ1) is 26.0. The molecule has 0 aliphatic carbocycles. The molecular formula is C25H35IN8. The van der Waals surface area contributed by atoms with E-state index < -0.39 is 0 Å². The predicted octanol–water partition coefficient (Wildman–Crippen LogP) is 2.95. The third-order valence-corrected chi connectivity index (χ3v) is 5.86. The lowest BCUT2D eigenvalue weighted by molar-refractivity contribution is 0.312. The fourth-order valence-corrected chi connectivity index (χ4v) is 3.88. The third-order valence-electron chi connectivity index (χ3n) is 5.86. The Labute approximate surface area is 219 Å². The van der Waals surface area contributed by atoms with Gasteiger partial charge in [0.15, 0.2) is 5.96 Å². The van der Waals surface area contributed by atoms with Crippen LogP contribution < -0.4 is 15.5 Å².